The SMILES string of the molecule is CCOC(=O)c1cnc2cc(C)n(-c3ccccc3)n2c1=O. The van der Waals surface area contributed by atoms with E-state index >= 15 is 0 Å². The van der Waals surface area contributed by atoms with E-state index in [-0.39, 0.29) is 12.2 Å². The molecule has 112 valence electrons. The topological polar surface area (TPSA) is 65.6 Å². The molecule has 2 aromatic heterocycles. The molecule has 0 aliphatic rings. The number of nitrogens with zero attached hydrogens (tertiary/aromatic N) is 3. The Balaban J connectivity index is 2.30. The van der Waals surface area contributed by atoms with E-state index in [9.17, 15) is 9.59 Å². The molecule has 0 unspecified atom stereocenters. The van der Waals surface area contributed by atoms with Crippen molar-refractivity contribution in [3.05, 3.63) is 64.2 Å². The summed E-state index contributed by atoms with van der Waals surface area (Å²) in [5.41, 5.74) is 1.63. The van der Waals surface area contributed by atoms with Gasteiger partial charge in [0.15, 0.2) is 5.65 Å². The Morgan fingerprint density at radius 3 is 2.68 bits per heavy atom. The third-order valence-electron chi connectivity index (χ3n) is 3.33. The van der Waals surface area contributed by atoms with Crippen LogP contribution in [0.15, 0.2) is 47.4 Å². The Morgan fingerprint density at radius 1 is 1.27 bits per heavy atom. The number of rotatable bonds is 3. The lowest BCUT2D eigenvalue weighted by Gasteiger charge is -2.09. The van der Waals surface area contributed by atoms with Gasteiger partial charge in [0.25, 0.3) is 5.56 Å². The molecule has 2 heterocycles. The monoisotopic (exact) mass is 297 g/mol. The lowest BCUT2D eigenvalue weighted by Crippen LogP contribution is -2.27. The Labute approximate surface area is 126 Å². The normalized spacial score (nSPS) is 10.8. The number of esters is 1. The van der Waals surface area contributed by atoms with E-state index in [1.807, 2.05) is 37.3 Å². The van der Waals surface area contributed by atoms with Gasteiger partial charge in [-0.3, -0.25) is 4.79 Å². The quantitative estimate of drug-likeness (QED) is 0.693. The maximum absolute atomic E-state index is 12.7. The highest BCUT2D eigenvalue weighted by atomic mass is 16.5. The highest BCUT2D eigenvalue weighted by Crippen LogP contribution is 2.13. The largest absolute Gasteiger partial charge is 0.462 e. The number of ether oxygens (including phenoxy) is 1. The summed E-state index contributed by atoms with van der Waals surface area (Å²) in [4.78, 5) is 28.7. The van der Waals surface area contributed by atoms with E-state index in [4.69, 9.17) is 4.74 Å². The third-order valence-corrected chi connectivity index (χ3v) is 3.33. The van der Waals surface area contributed by atoms with Crippen LogP contribution < -0.4 is 5.56 Å². The predicted molar refractivity (Wildman–Crippen MR) is 81.5 cm³/mol. The highest BCUT2D eigenvalue weighted by molar-refractivity contribution is 5.88. The summed E-state index contributed by atoms with van der Waals surface area (Å²) in [5.74, 6) is -0.659. The second-order valence-corrected chi connectivity index (χ2v) is 4.80. The Morgan fingerprint density at radius 2 is 2.00 bits per heavy atom. The van der Waals surface area contributed by atoms with Crippen molar-refractivity contribution in [1.82, 2.24) is 14.2 Å². The number of hydrogen-bond donors (Lipinski definition) is 0. The van der Waals surface area contributed by atoms with Gasteiger partial charge in [-0.25, -0.2) is 14.5 Å². The average molecular weight is 297 g/mol. The second kappa shape index (κ2) is 5.48. The molecule has 0 amide bonds. The van der Waals surface area contributed by atoms with Gasteiger partial charge in [0, 0.05) is 18.0 Å². The van der Waals surface area contributed by atoms with Crippen LogP contribution in [0.4, 0.5) is 0 Å². The van der Waals surface area contributed by atoms with E-state index in [1.54, 1.807) is 17.7 Å². The van der Waals surface area contributed by atoms with Crippen molar-refractivity contribution < 1.29 is 9.53 Å². The lowest BCUT2D eigenvalue weighted by atomic mass is 10.3. The van der Waals surface area contributed by atoms with Gasteiger partial charge < -0.3 is 4.74 Å². The molecule has 0 saturated heterocycles. The minimum atomic E-state index is -0.659. The fraction of sp³-hybridized carbons (Fsp3) is 0.188. The Hall–Kier alpha value is -2.89. The number of carbonyl (C=O) groups excluding carboxylic acids is 1. The van der Waals surface area contributed by atoms with Crippen molar-refractivity contribution >= 4 is 11.6 Å². The van der Waals surface area contributed by atoms with Crippen LogP contribution in [0.3, 0.4) is 0 Å². The molecule has 6 nitrogen and oxygen atoms in total. The van der Waals surface area contributed by atoms with Crippen molar-refractivity contribution in [3.8, 4) is 5.69 Å². The van der Waals surface area contributed by atoms with Gasteiger partial charge in [0.05, 0.1) is 12.3 Å². The minimum Gasteiger partial charge on any atom is -0.462 e. The van der Waals surface area contributed by atoms with Crippen LogP contribution in [-0.2, 0) is 4.74 Å². The fourth-order valence-corrected chi connectivity index (χ4v) is 2.39. The van der Waals surface area contributed by atoms with Crippen LogP contribution in [0.2, 0.25) is 0 Å². The van der Waals surface area contributed by atoms with Crippen LogP contribution in [0.5, 0.6) is 0 Å². The van der Waals surface area contributed by atoms with Crippen molar-refractivity contribution in [2.45, 2.75) is 13.8 Å². The van der Waals surface area contributed by atoms with Crippen molar-refractivity contribution in [1.29, 1.82) is 0 Å². The summed E-state index contributed by atoms with van der Waals surface area (Å²) < 4.78 is 8.02. The molecule has 0 radical (unpaired) electrons. The molecule has 1 aromatic carbocycles. The third kappa shape index (κ3) is 2.18. The standard InChI is InChI=1S/C16H15N3O3/c1-3-22-16(21)13-10-17-14-9-11(2)18(19(14)15(13)20)12-7-5-4-6-8-12/h4-10H,3H2,1-2H3. The molecule has 0 spiro atoms. The summed E-state index contributed by atoms with van der Waals surface area (Å²) in [6, 6.07) is 11.2. The van der Waals surface area contributed by atoms with Gasteiger partial charge in [-0.1, -0.05) is 18.2 Å². The number of benzene rings is 1. The number of aromatic nitrogens is 3. The summed E-state index contributed by atoms with van der Waals surface area (Å²) >= 11 is 0. The predicted octanol–water partition coefficient (Wildman–Crippen LogP) is 1.97. The van der Waals surface area contributed by atoms with Crippen LogP contribution in [0.25, 0.3) is 11.3 Å². The smallest absolute Gasteiger partial charge is 0.345 e. The summed E-state index contributed by atoms with van der Waals surface area (Å²) in [6.07, 6.45) is 1.27. The van der Waals surface area contributed by atoms with Crippen LogP contribution >= 0.6 is 0 Å². The summed E-state index contributed by atoms with van der Waals surface area (Å²) in [5, 5.41) is 0. The number of aryl methyl sites for hydroxylation is 1. The van der Waals surface area contributed by atoms with Crippen molar-refractivity contribution in [2.75, 3.05) is 6.61 Å². The van der Waals surface area contributed by atoms with E-state index in [0.717, 1.165) is 11.4 Å². The molecule has 3 aromatic rings. The summed E-state index contributed by atoms with van der Waals surface area (Å²) in [6.45, 7) is 3.78. The molecule has 0 N–H and O–H groups in total. The first kappa shape index (κ1) is 14.1. The van der Waals surface area contributed by atoms with Gasteiger partial charge >= 0.3 is 5.97 Å². The zero-order chi connectivity index (χ0) is 15.7. The highest BCUT2D eigenvalue weighted by Gasteiger charge is 2.18. The Bertz CT molecular complexity index is 894. The van der Waals surface area contributed by atoms with E-state index in [0.29, 0.717) is 5.65 Å². The second-order valence-electron chi connectivity index (χ2n) is 4.80. The van der Waals surface area contributed by atoms with Crippen molar-refractivity contribution in [3.63, 3.8) is 0 Å². The molecule has 0 atom stereocenters. The zero-order valence-corrected chi connectivity index (χ0v) is 12.3. The van der Waals surface area contributed by atoms with Crippen molar-refractivity contribution in [2.24, 2.45) is 0 Å². The maximum atomic E-state index is 12.7. The Kier molecular flexibility index (Phi) is 3.50. The van der Waals surface area contributed by atoms with Gasteiger partial charge in [-0.15, -0.1) is 0 Å². The average Bonchev–Trinajstić information content (AvgIpc) is 2.85. The molecule has 0 fully saturated rings. The van der Waals surface area contributed by atoms with Crippen LogP contribution in [0, 0.1) is 6.92 Å². The zero-order valence-electron chi connectivity index (χ0n) is 12.3. The molecule has 0 aliphatic carbocycles. The minimum absolute atomic E-state index is 0.0744. The number of carbonyl (C=O) groups is 1. The van der Waals surface area contributed by atoms with Gasteiger partial charge in [0.1, 0.15) is 5.56 Å². The fourth-order valence-electron chi connectivity index (χ4n) is 2.39. The number of hydrogen-bond acceptors (Lipinski definition) is 4. The van der Waals surface area contributed by atoms with E-state index in [1.165, 1.54) is 10.7 Å². The van der Waals surface area contributed by atoms with Gasteiger partial charge in [0.2, 0.25) is 0 Å². The summed E-state index contributed by atoms with van der Waals surface area (Å²) in [7, 11) is 0. The molecule has 0 saturated carbocycles. The van der Waals surface area contributed by atoms with E-state index in [2.05, 4.69) is 4.98 Å². The van der Waals surface area contributed by atoms with Crippen LogP contribution in [-0.4, -0.2) is 26.8 Å². The van der Waals surface area contributed by atoms with Crippen LogP contribution in [0.1, 0.15) is 23.0 Å². The van der Waals surface area contributed by atoms with Gasteiger partial charge in [-0.05, 0) is 26.0 Å². The molecule has 3 rings (SSSR count). The first-order valence-electron chi connectivity index (χ1n) is 6.96. The number of para-hydroxylation sites is 1. The molecule has 22 heavy (non-hydrogen) atoms. The first-order chi connectivity index (χ1) is 10.6. The van der Waals surface area contributed by atoms with E-state index < -0.39 is 11.5 Å². The maximum Gasteiger partial charge on any atom is 0.345 e. The molecular formula is C16H15N3O3. The number of fused-ring (bicyclic) bond motifs is 1. The molecular weight excluding hydrogens is 282 g/mol. The molecule has 0 aliphatic heterocycles. The first-order valence-corrected chi connectivity index (χ1v) is 6.96. The lowest BCUT2D eigenvalue weighted by molar-refractivity contribution is 0.0523. The van der Waals surface area contributed by atoms with Gasteiger partial charge in [-0.2, -0.15) is 4.52 Å². The molecule has 6 heteroatoms. The molecule has 0 bridgehead atoms.